The third-order valence-electron chi connectivity index (χ3n) is 5.07. The Bertz CT molecular complexity index is 1080. The zero-order valence-corrected chi connectivity index (χ0v) is 16.2. The van der Waals surface area contributed by atoms with E-state index in [1.165, 1.54) is 18.2 Å². The van der Waals surface area contributed by atoms with Crippen LogP contribution in [0.15, 0.2) is 53.1 Å². The second-order valence-corrected chi connectivity index (χ2v) is 7.10. The lowest BCUT2D eigenvalue weighted by atomic mass is 10.1. The lowest BCUT2D eigenvalue weighted by molar-refractivity contribution is -0.384. The molecule has 8 nitrogen and oxygen atoms in total. The fourth-order valence-electron chi connectivity index (χ4n) is 3.50. The molecule has 0 aliphatic carbocycles. The minimum absolute atomic E-state index is 0.0681. The Morgan fingerprint density at radius 1 is 1.06 bits per heavy atom. The van der Waals surface area contributed by atoms with Crippen LogP contribution in [0, 0.1) is 10.1 Å². The number of hydrogen-bond acceptors (Lipinski definition) is 7. The molecule has 0 amide bonds. The van der Waals surface area contributed by atoms with Gasteiger partial charge in [0, 0.05) is 37.8 Å². The van der Waals surface area contributed by atoms with Gasteiger partial charge in [-0.25, -0.2) is 0 Å². The van der Waals surface area contributed by atoms with Crippen molar-refractivity contribution in [3.8, 4) is 11.4 Å². The topological polar surface area (TPSA) is 88.5 Å². The molecule has 1 aromatic heterocycles. The highest BCUT2D eigenvalue weighted by atomic mass is 19.4. The molecule has 1 fully saturated rings. The van der Waals surface area contributed by atoms with Gasteiger partial charge >= 0.3 is 6.18 Å². The van der Waals surface area contributed by atoms with Gasteiger partial charge < -0.3 is 9.42 Å². The smallest absolute Gasteiger partial charge is 0.363 e. The number of para-hydroxylation sites is 2. The zero-order chi connectivity index (χ0) is 22.0. The number of nitro groups is 1. The largest absolute Gasteiger partial charge is 0.416 e. The minimum Gasteiger partial charge on any atom is -0.363 e. The molecule has 0 bridgehead atoms. The van der Waals surface area contributed by atoms with Gasteiger partial charge in [0.1, 0.15) is 5.69 Å². The first kappa shape index (κ1) is 20.8. The van der Waals surface area contributed by atoms with E-state index in [1.807, 2.05) is 4.90 Å². The van der Waals surface area contributed by atoms with Crippen LogP contribution >= 0.6 is 0 Å². The van der Waals surface area contributed by atoms with Crippen molar-refractivity contribution in [2.75, 3.05) is 31.1 Å². The Balaban J connectivity index is 1.39. The quantitative estimate of drug-likeness (QED) is 0.444. The summed E-state index contributed by atoms with van der Waals surface area (Å²) >= 11 is 0. The van der Waals surface area contributed by atoms with Gasteiger partial charge in [-0.3, -0.25) is 15.0 Å². The summed E-state index contributed by atoms with van der Waals surface area (Å²) in [5.74, 6) is 0.395. The lowest BCUT2D eigenvalue weighted by Gasteiger charge is -2.35. The van der Waals surface area contributed by atoms with Crippen LogP contribution in [-0.4, -0.2) is 46.1 Å². The molecule has 1 aliphatic rings. The average Bonchev–Trinajstić information content (AvgIpc) is 3.22. The van der Waals surface area contributed by atoms with Gasteiger partial charge in [0.15, 0.2) is 0 Å². The van der Waals surface area contributed by atoms with Crippen LogP contribution in [0.3, 0.4) is 0 Å². The molecule has 4 rings (SSSR count). The van der Waals surface area contributed by atoms with Gasteiger partial charge in [0.05, 0.1) is 17.0 Å². The predicted molar refractivity (Wildman–Crippen MR) is 105 cm³/mol. The van der Waals surface area contributed by atoms with E-state index in [0.717, 1.165) is 12.1 Å². The van der Waals surface area contributed by atoms with Crippen LogP contribution in [0.25, 0.3) is 11.4 Å². The second kappa shape index (κ2) is 8.34. The SMILES string of the molecule is O=[N+]([O-])c1ccccc1N1CCN(Cc2nc(-c3cccc(C(F)(F)F)c3)no2)CC1. The monoisotopic (exact) mass is 433 g/mol. The maximum atomic E-state index is 12.9. The summed E-state index contributed by atoms with van der Waals surface area (Å²) in [6, 6.07) is 11.4. The summed E-state index contributed by atoms with van der Waals surface area (Å²) in [6.45, 7) is 2.75. The van der Waals surface area contributed by atoms with Crippen LogP contribution in [0.2, 0.25) is 0 Å². The number of halogens is 3. The number of aromatic nitrogens is 2. The minimum atomic E-state index is -4.45. The first-order chi connectivity index (χ1) is 14.8. The third-order valence-corrected chi connectivity index (χ3v) is 5.07. The van der Waals surface area contributed by atoms with Crippen LogP contribution in [0.1, 0.15) is 11.5 Å². The molecule has 1 saturated heterocycles. The van der Waals surface area contributed by atoms with Crippen molar-refractivity contribution in [2.24, 2.45) is 0 Å². The normalized spacial score (nSPS) is 15.3. The first-order valence-corrected chi connectivity index (χ1v) is 9.52. The van der Waals surface area contributed by atoms with Crippen LogP contribution < -0.4 is 4.90 Å². The van der Waals surface area contributed by atoms with E-state index in [9.17, 15) is 23.3 Å². The molecular formula is C20H18F3N5O3. The average molecular weight is 433 g/mol. The highest BCUT2D eigenvalue weighted by Crippen LogP contribution is 2.32. The van der Waals surface area contributed by atoms with E-state index in [0.29, 0.717) is 44.3 Å². The van der Waals surface area contributed by atoms with Gasteiger partial charge in [-0.05, 0) is 18.2 Å². The van der Waals surface area contributed by atoms with E-state index >= 15 is 0 Å². The molecule has 0 unspecified atom stereocenters. The molecule has 0 atom stereocenters. The molecule has 3 aromatic rings. The molecule has 31 heavy (non-hydrogen) atoms. The number of anilines is 1. The van der Waals surface area contributed by atoms with Gasteiger partial charge in [-0.15, -0.1) is 0 Å². The van der Waals surface area contributed by atoms with Crippen molar-refractivity contribution in [1.82, 2.24) is 15.0 Å². The summed E-state index contributed by atoms with van der Waals surface area (Å²) in [6.07, 6.45) is -4.45. The number of hydrogen-bond donors (Lipinski definition) is 0. The predicted octanol–water partition coefficient (Wildman–Crippen LogP) is 3.99. The van der Waals surface area contributed by atoms with E-state index < -0.39 is 16.7 Å². The summed E-state index contributed by atoms with van der Waals surface area (Å²) in [4.78, 5) is 19.1. The molecule has 11 heteroatoms. The fourth-order valence-corrected chi connectivity index (χ4v) is 3.50. The molecule has 0 N–H and O–H groups in total. The Hall–Kier alpha value is -3.47. The molecule has 0 radical (unpaired) electrons. The first-order valence-electron chi connectivity index (χ1n) is 9.52. The second-order valence-electron chi connectivity index (χ2n) is 7.10. The van der Waals surface area contributed by atoms with Crippen molar-refractivity contribution in [3.05, 3.63) is 70.1 Å². The number of alkyl halides is 3. The van der Waals surface area contributed by atoms with Crippen LogP contribution in [-0.2, 0) is 12.7 Å². The highest BCUT2D eigenvalue weighted by Gasteiger charge is 2.31. The van der Waals surface area contributed by atoms with Crippen molar-refractivity contribution in [3.63, 3.8) is 0 Å². The number of benzene rings is 2. The molecule has 1 aliphatic heterocycles. The maximum absolute atomic E-state index is 12.9. The van der Waals surface area contributed by atoms with E-state index in [4.69, 9.17) is 4.52 Å². The van der Waals surface area contributed by atoms with E-state index in [1.54, 1.807) is 18.2 Å². The Morgan fingerprint density at radius 3 is 2.52 bits per heavy atom. The molecule has 162 valence electrons. The number of nitro benzene ring substituents is 1. The standard InChI is InChI=1S/C20H18F3N5O3/c21-20(22,23)15-5-3-4-14(12-15)19-24-18(31-25-19)13-26-8-10-27(11-9-26)16-6-1-2-7-17(16)28(29)30/h1-7,12H,8-11,13H2. The number of piperazine rings is 1. The maximum Gasteiger partial charge on any atom is 0.416 e. The number of rotatable bonds is 5. The van der Waals surface area contributed by atoms with Crippen LogP contribution in [0.4, 0.5) is 24.5 Å². The van der Waals surface area contributed by atoms with Crippen molar-refractivity contribution < 1.29 is 22.6 Å². The van der Waals surface area contributed by atoms with Crippen molar-refractivity contribution in [2.45, 2.75) is 12.7 Å². The number of nitrogens with zero attached hydrogens (tertiary/aromatic N) is 5. The molecule has 2 aromatic carbocycles. The van der Waals surface area contributed by atoms with Crippen LogP contribution in [0.5, 0.6) is 0 Å². The zero-order valence-electron chi connectivity index (χ0n) is 16.2. The molecule has 0 spiro atoms. The lowest BCUT2D eigenvalue weighted by Crippen LogP contribution is -2.46. The molecular weight excluding hydrogens is 415 g/mol. The summed E-state index contributed by atoms with van der Waals surface area (Å²) < 4.78 is 43.9. The Kier molecular flexibility index (Phi) is 5.59. The highest BCUT2D eigenvalue weighted by molar-refractivity contribution is 5.63. The third kappa shape index (κ3) is 4.66. The van der Waals surface area contributed by atoms with Crippen molar-refractivity contribution in [1.29, 1.82) is 0 Å². The summed E-state index contributed by atoms with van der Waals surface area (Å²) in [7, 11) is 0. The van der Waals surface area contributed by atoms with Crippen molar-refractivity contribution >= 4 is 11.4 Å². The van der Waals surface area contributed by atoms with Gasteiger partial charge in [0.25, 0.3) is 5.69 Å². The fraction of sp³-hybridized carbons (Fsp3) is 0.300. The van der Waals surface area contributed by atoms with E-state index in [-0.39, 0.29) is 17.1 Å². The summed E-state index contributed by atoms with van der Waals surface area (Å²) in [5, 5.41) is 15.0. The van der Waals surface area contributed by atoms with E-state index in [2.05, 4.69) is 15.0 Å². The molecule has 2 heterocycles. The Morgan fingerprint density at radius 2 is 1.81 bits per heavy atom. The van der Waals surface area contributed by atoms with Gasteiger partial charge in [0.2, 0.25) is 11.7 Å². The summed E-state index contributed by atoms with van der Waals surface area (Å²) in [5.41, 5.74) is 0.101. The van der Waals surface area contributed by atoms with Gasteiger partial charge in [-0.1, -0.05) is 29.4 Å². The van der Waals surface area contributed by atoms with Gasteiger partial charge in [-0.2, -0.15) is 18.2 Å². The Labute approximate surface area is 175 Å². The molecule has 0 saturated carbocycles.